The molecule has 11 heteroatoms. The molecule has 0 fully saturated rings. The summed E-state index contributed by atoms with van der Waals surface area (Å²) < 4.78 is 40.5. The summed E-state index contributed by atoms with van der Waals surface area (Å²) in [5.41, 5.74) is -1.18. The van der Waals surface area contributed by atoms with Crippen molar-refractivity contribution in [3.8, 4) is 0 Å². The predicted molar refractivity (Wildman–Crippen MR) is 88.9 cm³/mol. The third-order valence-electron chi connectivity index (χ3n) is 3.72. The van der Waals surface area contributed by atoms with Crippen molar-refractivity contribution in [2.75, 3.05) is 11.9 Å². The minimum absolute atomic E-state index is 0.0346. The van der Waals surface area contributed by atoms with E-state index in [1.165, 1.54) is 23.0 Å². The third kappa shape index (κ3) is 3.97. The largest absolute Gasteiger partial charge is 0.416 e. The Morgan fingerprint density at radius 3 is 2.78 bits per heavy atom. The number of alkyl halides is 3. The van der Waals surface area contributed by atoms with E-state index >= 15 is 0 Å². The predicted octanol–water partition coefficient (Wildman–Crippen LogP) is 1.24. The molecule has 2 heterocycles. The van der Waals surface area contributed by atoms with Gasteiger partial charge in [0.05, 0.1) is 24.9 Å². The van der Waals surface area contributed by atoms with Crippen LogP contribution in [0.25, 0.3) is 11.0 Å². The Balaban J connectivity index is 1.78. The van der Waals surface area contributed by atoms with Crippen LogP contribution in [0.4, 0.5) is 18.9 Å². The van der Waals surface area contributed by atoms with Gasteiger partial charge in [-0.2, -0.15) is 18.3 Å². The van der Waals surface area contributed by atoms with E-state index in [1.807, 2.05) is 0 Å². The molecule has 1 amide bonds. The average Bonchev–Trinajstić information content (AvgIpc) is 3.01. The van der Waals surface area contributed by atoms with Gasteiger partial charge in [-0.3, -0.25) is 14.2 Å². The van der Waals surface area contributed by atoms with Crippen LogP contribution >= 0.6 is 0 Å². The van der Waals surface area contributed by atoms with E-state index in [2.05, 4.69) is 15.4 Å². The van der Waals surface area contributed by atoms with Crippen LogP contribution in [-0.2, 0) is 24.1 Å². The second kappa shape index (κ2) is 7.19. The number of anilines is 1. The lowest BCUT2D eigenvalue weighted by molar-refractivity contribution is -0.137. The molecule has 0 aliphatic heterocycles. The van der Waals surface area contributed by atoms with Crippen LogP contribution in [0, 0.1) is 0 Å². The zero-order chi connectivity index (χ0) is 19.6. The standard InChI is InChI=1S/C16H14F3N5O3/c17-16(18,19)10-2-1-3-11(6-10)22-13(26)8-23-9-20-14-12(15(23)27)7-21-24(14)4-5-25/h1-3,6-7,9,25H,4-5,8H2,(H,22,26). The molecular weight excluding hydrogens is 367 g/mol. The number of fused-ring (bicyclic) bond motifs is 1. The molecule has 0 aliphatic carbocycles. The van der Waals surface area contributed by atoms with Crippen molar-refractivity contribution in [3.63, 3.8) is 0 Å². The second-order valence-corrected chi connectivity index (χ2v) is 5.63. The molecule has 1 aromatic carbocycles. The molecule has 0 saturated carbocycles. The molecule has 0 aliphatic rings. The molecule has 0 bridgehead atoms. The summed E-state index contributed by atoms with van der Waals surface area (Å²) in [7, 11) is 0. The number of benzene rings is 1. The Labute approximate surface area is 149 Å². The number of halogens is 3. The third-order valence-corrected chi connectivity index (χ3v) is 3.72. The molecule has 0 saturated heterocycles. The molecule has 0 atom stereocenters. The van der Waals surface area contributed by atoms with Crippen LogP contribution in [0.3, 0.4) is 0 Å². The van der Waals surface area contributed by atoms with Crippen LogP contribution in [0.5, 0.6) is 0 Å². The summed E-state index contributed by atoms with van der Waals surface area (Å²) in [6.07, 6.45) is -2.10. The molecule has 27 heavy (non-hydrogen) atoms. The van der Waals surface area contributed by atoms with Crippen molar-refractivity contribution >= 4 is 22.6 Å². The number of hydrogen-bond acceptors (Lipinski definition) is 5. The molecule has 2 N–H and O–H groups in total. The van der Waals surface area contributed by atoms with Gasteiger partial charge in [0.15, 0.2) is 5.65 Å². The summed E-state index contributed by atoms with van der Waals surface area (Å²) in [4.78, 5) is 28.6. The van der Waals surface area contributed by atoms with Gasteiger partial charge >= 0.3 is 6.18 Å². The van der Waals surface area contributed by atoms with Gasteiger partial charge in [-0.1, -0.05) is 6.07 Å². The number of amides is 1. The lowest BCUT2D eigenvalue weighted by atomic mass is 10.2. The van der Waals surface area contributed by atoms with Gasteiger partial charge in [-0.05, 0) is 18.2 Å². The zero-order valence-electron chi connectivity index (χ0n) is 13.8. The van der Waals surface area contributed by atoms with Crippen molar-refractivity contribution < 1.29 is 23.1 Å². The molecule has 3 rings (SSSR count). The number of aliphatic hydroxyl groups is 1. The number of hydrogen-bond donors (Lipinski definition) is 2. The normalized spacial score (nSPS) is 11.7. The minimum atomic E-state index is -4.53. The number of aliphatic hydroxyl groups excluding tert-OH is 1. The highest BCUT2D eigenvalue weighted by molar-refractivity contribution is 5.90. The van der Waals surface area contributed by atoms with Gasteiger partial charge in [0, 0.05) is 5.69 Å². The Bertz CT molecular complexity index is 1040. The summed E-state index contributed by atoms with van der Waals surface area (Å²) in [6, 6.07) is 4.19. The maximum atomic E-state index is 12.7. The first-order chi connectivity index (χ1) is 12.8. The van der Waals surface area contributed by atoms with Gasteiger partial charge < -0.3 is 10.4 Å². The van der Waals surface area contributed by atoms with Gasteiger partial charge in [0.25, 0.3) is 5.56 Å². The number of nitrogens with one attached hydrogen (secondary N) is 1. The number of carbonyl (C=O) groups is 1. The molecule has 2 aromatic heterocycles. The molecular formula is C16H14F3N5O3. The molecule has 3 aromatic rings. The topological polar surface area (TPSA) is 102 Å². The zero-order valence-corrected chi connectivity index (χ0v) is 13.8. The van der Waals surface area contributed by atoms with E-state index in [-0.39, 0.29) is 29.9 Å². The molecule has 0 radical (unpaired) electrons. The minimum Gasteiger partial charge on any atom is -0.394 e. The van der Waals surface area contributed by atoms with Crippen LogP contribution in [0.2, 0.25) is 0 Å². The maximum absolute atomic E-state index is 12.7. The first-order valence-corrected chi connectivity index (χ1v) is 7.78. The fraction of sp³-hybridized carbons (Fsp3) is 0.250. The SMILES string of the molecule is O=C(Cn1cnc2c(cnn2CCO)c1=O)Nc1cccc(C(F)(F)F)c1. The molecule has 0 spiro atoms. The number of aromatic nitrogens is 4. The maximum Gasteiger partial charge on any atom is 0.416 e. The van der Waals surface area contributed by atoms with E-state index in [4.69, 9.17) is 5.11 Å². The van der Waals surface area contributed by atoms with Crippen molar-refractivity contribution in [3.05, 3.63) is 52.7 Å². The number of nitrogens with zero attached hydrogens (tertiary/aromatic N) is 4. The first kappa shape index (κ1) is 18.6. The second-order valence-electron chi connectivity index (χ2n) is 5.63. The fourth-order valence-electron chi connectivity index (χ4n) is 2.50. The van der Waals surface area contributed by atoms with Crippen molar-refractivity contribution in [2.24, 2.45) is 0 Å². The summed E-state index contributed by atoms with van der Waals surface area (Å²) in [5.74, 6) is -0.680. The van der Waals surface area contributed by atoms with Gasteiger partial charge in [0.1, 0.15) is 18.3 Å². The van der Waals surface area contributed by atoms with Crippen LogP contribution in [0.1, 0.15) is 5.56 Å². The highest BCUT2D eigenvalue weighted by atomic mass is 19.4. The van der Waals surface area contributed by atoms with Gasteiger partial charge in [-0.15, -0.1) is 0 Å². The summed E-state index contributed by atoms with van der Waals surface area (Å²) in [5, 5.41) is 15.4. The fourth-order valence-corrected chi connectivity index (χ4v) is 2.50. The van der Waals surface area contributed by atoms with Crippen molar-refractivity contribution in [1.82, 2.24) is 19.3 Å². The number of rotatable bonds is 5. The van der Waals surface area contributed by atoms with Crippen molar-refractivity contribution in [2.45, 2.75) is 19.3 Å². The Morgan fingerprint density at radius 1 is 1.30 bits per heavy atom. The van der Waals surface area contributed by atoms with Crippen LogP contribution in [-0.4, -0.2) is 37.0 Å². The van der Waals surface area contributed by atoms with E-state index in [0.717, 1.165) is 23.0 Å². The highest BCUT2D eigenvalue weighted by Crippen LogP contribution is 2.30. The average molecular weight is 381 g/mol. The van der Waals surface area contributed by atoms with Gasteiger partial charge in [0.2, 0.25) is 5.91 Å². The van der Waals surface area contributed by atoms with Crippen LogP contribution in [0.15, 0.2) is 41.6 Å². The lowest BCUT2D eigenvalue weighted by Gasteiger charge is -2.10. The van der Waals surface area contributed by atoms with E-state index < -0.39 is 29.8 Å². The Hall–Kier alpha value is -3.21. The monoisotopic (exact) mass is 381 g/mol. The van der Waals surface area contributed by atoms with Crippen LogP contribution < -0.4 is 10.9 Å². The smallest absolute Gasteiger partial charge is 0.394 e. The first-order valence-electron chi connectivity index (χ1n) is 7.78. The quantitative estimate of drug-likeness (QED) is 0.693. The van der Waals surface area contributed by atoms with Gasteiger partial charge in [-0.25, -0.2) is 9.67 Å². The molecule has 142 valence electrons. The number of carbonyl (C=O) groups excluding carboxylic acids is 1. The highest BCUT2D eigenvalue weighted by Gasteiger charge is 2.30. The van der Waals surface area contributed by atoms with E-state index in [9.17, 15) is 22.8 Å². The molecule has 0 unspecified atom stereocenters. The molecule has 8 nitrogen and oxygen atoms in total. The van der Waals surface area contributed by atoms with E-state index in [1.54, 1.807) is 0 Å². The van der Waals surface area contributed by atoms with Crippen molar-refractivity contribution in [1.29, 1.82) is 0 Å². The lowest BCUT2D eigenvalue weighted by Crippen LogP contribution is -2.28. The summed E-state index contributed by atoms with van der Waals surface area (Å²) in [6.45, 7) is -0.444. The van der Waals surface area contributed by atoms with E-state index in [0.29, 0.717) is 0 Å². The summed E-state index contributed by atoms with van der Waals surface area (Å²) >= 11 is 0. The Kier molecular flexibility index (Phi) is 4.95. The Morgan fingerprint density at radius 2 is 2.07 bits per heavy atom.